The molecule has 11 heteroatoms. The summed E-state index contributed by atoms with van der Waals surface area (Å²) >= 11 is 0. The van der Waals surface area contributed by atoms with Crippen LogP contribution in [0.3, 0.4) is 0 Å². The van der Waals surface area contributed by atoms with Gasteiger partial charge in [-0.2, -0.15) is 18.2 Å². The molecule has 0 aliphatic carbocycles. The Morgan fingerprint density at radius 3 is 2.57 bits per heavy atom. The number of halogens is 3. The highest BCUT2D eigenvalue weighted by Crippen LogP contribution is 2.30. The van der Waals surface area contributed by atoms with E-state index in [-0.39, 0.29) is 5.54 Å². The number of nitrogens with two attached hydrogens (primary N) is 1. The molecule has 1 aliphatic heterocycles. The third kappa shape index (κ3) is 5.24. The Kier molecular flexibility index (Phi) is 6.22. The SMILES string of the molecule is NC1(c2ccccc2)CCN(Cc2noc(-c3ccoc3)n2)C1.O=C(O)C(F)(F)F. The number of nitrogens with zero attached hydrogens (tertiary/aromatic N) is 3. The average Bonchev–Trinajstić information content (AvgIpc) is 3.44. The number of likely N-dealkylation sites (tertiary alicyclic amines) is 1. The van der Waals surface area contributed by atoms with E-state index in [0.29, 0.717) is 18.3 Å². The molecule has 1 fully saturated rings. The molecule has 0 bridgehead atoms. The van der Waals surface area contributed by atoms with Gasteiger partial charge in [-0.1, -0.05) is 35.5 Å². The van der Waals surface area contributed by atoms with E-state index in [1.165, 1.54) is 5.56 Å². The van der Waals surface area contributed by atoms with Gasteiger partial charge in [0.15, 0.2) is 5.82 Å². The molecule has 3 aromatic rings. The molecule has 0 saturated carbocycles. The Labute approximate surface area is 169 Å². The minimum absolute atomic E-state index is 0.307. The molecule has 1 aliphatic rings. The summed E-state index contributed by atoms with van der Waals surface area (Å²) in [6, 6.07) is 12.1. The predicted octanol–water partition coefficient (Wildman–Crippen LogP) is 3.02. The number of carboxylic acids is 1. The minimum atomic E-state index is -5.08. The highest BCUT2D eigenvalue weighted by molar-refractivity contribution is 5.73. The minimum Gasteiger partial charge on any atom is -0.475 e. The first kappa shape index (κ1) is 21.5. The fourth-order valence-electron chi connectivity index (χ4n) is 3.08. The first-order valence-electron chi connectivity index (χ1n) is 8.89. The number of alkyl halides is 3. The quantitative estimate of drug-likeness (QED) is 0.656. The molecule has 3 heterocycles. The first-order chi connectivity index (χ1) is 14.2. The second-order valence-corrected chi connectivity index (χ2v) is 6.81. The van der Waals surface area contributed by atoms with Gasteiger partial charge < -0.3 is 19.8 Å². The van der Waals surface area contributed by atoms with Gasteiger partial charge in [-0.15, -0.1) is 0 Å². The van der Waals surface area contributed by atoms with Crippen LogP contribution >= 0.6 is 0 Å². The molecule has 1 aromatic carbocycles. The fraction of sp³-hybridized carbons (Fsp3) is 0.316. The number of aromatic nitrogens is 2. The van der Waals surface area contributed by atoms with Gasteiger partial charge in [-0.05, 0) is 18.1 Å². The second-order valence-electron chi connectivity index (χ2n) is 6.81. The van der Waals surface area contributed by atoms with Crippen LogP contribution in [0.5, 0.6) is 0 Å². The standard InChI is InChI=1S/C17H18N4O2.C2HF3O2/c18-17(14-4-2-1-3-5-14)7-8-21(12-17)10-15-19-16(23-20-15)13-6-9-22-11-13;3-2(4,5)1(6)7/h1-6,9,11H,7-8,10,12,18H2;(H,6,7). The van der Waals surface area contributed by atoms with Crippen molar-refractivity contribution in [1.29, 1.82) is 0 Å². The number of carboxylic acid groups (broad SMARTS) is 1. The zero-order valence-electron chi connectivity index (χ0n) is 15.7. The van der Waals surface area contributed by atoms with Crippen LogP contribution in [0.2, 0.25) is 0 Å². The number of carbonyl (C=O) groups is 1. The second kappa shape index (κ2) is 8.67. The van der Waals surface area contributed by atoms with Gasteiger partial charge in [0.1, 0.15) is 6.26 Å². The van der Waals surface area contributed by atoms with Crippen molar-refractivity contribution < 1.29 is 32.0 Å². The van der Waals surface area contributed by atoms with Crippen molar-refractivity contribution in [3.05, 3.63) is 60.3 Å². The van der Waals surface area contributed by atoms with Crippen molar-refractivity contribution in [1.82, 2.24) is 15.0 Å². The normalized spacial score (nSPS) is 19.3. The number of benzene rings is 1. The molecule has 160 valence electrons. The van der Waals surface area contributed by atoms with Gasteiger partial charge in [0.25, 0.3) is 5.89 Å². The lowest BCUT2D eigenvalue weighted by Gasteiger charge is -2.24. The Bertz CT molecular complexity index is 960. The summed E-state index contributed by atoms with van der Waals surface area (Å²) < 4.78 is 42.0. The number of rotatable bonds is 4. The van der Waals surface area contributed by atoms with Gasteiger partial charge in [0.05, 0.1) is 23.9 Å². The van der Waals surface area contributed by atoms with Crippen molar-refractivity contribution in [3.63, 3.8) is 0 Å². The fourth-order valence-corrected chi connectivity index (χ4v) is 3.08. The zero-order chi connectivity index (χ0) is 21.8. The molecule has 0 radical (unpaired) electrons. The molecule has 0 spiro atoms. The Balaban J connectivity index is 0.000000318. The molecule has 1 saturated heterocycles. The van der Waals surface area contributed by atoms with E-state index in [1.807, 2.05) is 18.2 Å². The molecular weight excluding hydrogens is 405 g/mol. The summed E-state index contributed by atoms with van der Waals surface area (Å²) in [4.78, 5) is 15.6. The highest BCUT2D eigenvalue weighted by Gasteiger charge is 2.38. The third-order valence-electron chi connectivity index (χ3n) is 4.57. The van der Waals surface area contributed by atoms with E-state index >= 15 is 0 Å². The summed E-state index contributed by atoms with van der Waals surface area (Å²) in [5, 5.41) is 11.2. The monoisotopic (exact) mass is 424 g/mol. The van der Waals surface area contributed by atoms with Crippen LogP contribution in [-0.4, -0.2) is 45.4 Å². The number of hydrogen-bond donors (Lipinski definition) is 2. The lowest BCUT2D eigenvalue weighted by atomic mass is 9.90. The lowest BCUT2D eigenvalue weighted by Crippen LogP contribution is -2.39. The molecule has 3 N–H and O–H groups in total. The summed E-state index contributed by atoms with van der Waals surface area (Å²) in [5.74, 6) is -1.61. The molecule has 8 nitrogen and oxygen atoms in total. The predicted molar refractivity (Wildman–Crippen MR) is 97.9 cm³/mol. The number of aliphatic carboxylic acids is 1. The maximum absolute atomic E-state index is 10.6. The first-order valence-corrected chi connectivity index (χ1v) is 8.89. The largest absolute Gasteiger partial charge is 0.490 e. The summed E-state index contributed by atoms with van der Waals surface area (Å²) in [7, 11) is 0. The molecule has 2 aromatic heterocycles. The van der Waals surface area contributed by atoms with Gasteiger partial charge in [0.2, 0.25) is 0 Å². The zero-order valence-corrected chi connectivity index (χ0v) is 15.7. The maximum Gasteiger partial charge on any atom is 0.490 e. The summed E-state index contributed by atoms with van der Waals surface area (Å²) in [6.07, 6.45) is -0.987. The maximum atomic E-state index is 10.6. The molecule has 4 rings (SSSR count). The van der Waals surface area contributed by atoms with E-state index in [2.05, 4.69) is 27.2 Å². The number of hydrogen-bond acceptors (Lipinski definition) is 7. The van der Waals surface area contributed by atoms with Gasteiger partial charge in [-0.25, -0.2) is 4.79 Å². The molecular formula is C19H19F3N4O4. The van der Waals surface area contributed by atoms with Crippen LogP contribution in [-0.2, 0) is 16.9 Å². The summed E-state index contributed by atoms with van der Waals surface area (Å²) in [6.45, 7) is 2.33. The Morgan fingerprint density at radius 2 is 1.97 bits per heavy atom. The van der Waals surface area contributed by atoms with Crippen molar-refractivity contribution >= 4 is 5.97 Å². The van der Waals surface area contributed by atoms with Crippen molar-refractivity contribution in [2.75, 3.05) is 13.1 Å². The smallest absolute Gasteiger partial charge is 0.475 e. The van der Waals surface area contributed by atoms with Crippen LogP contribution < -0.4 is 5.73 Å². The van der Waals surface area contributed by atoms with Gasteiger partial charge in [0, 0.05) is 13.1 Å². The van der Waals surface area contributed by atoms with Crippen LogP contribution in [0.15, 0.2) is 57.9 Å². The highest BCUT2D eigenvalue weighted by atomic mass is 19.4. The summed E-state index contributed by atoms with van der Waals surface area (Å²) in [5.41, 5.74) is 8.25. The Morgan fingerprint density at radius 1 is 1.27 bits per heavy atom. The van der Waals surface area contributed by atoms with Crippen LogP contribution in [0.4, 0.5) is 13.2 Å². The van der Waals surface area contributed by atoms with E-state index in [4.69, 9.17) is 24.6 Å². The van der Waals surface area contributed by atoms with Crippen LogP contribution in [0, 0.1) is 0 Å². The molecule has 0 amide bonds. The number of furan rings is 1. The van der Waals surface area contributed by atoms with E-state index in [9.17, 15) is 13.2 Å². The molecule has 30 heavy (non-hydrogen) atoms. The van der Waals surface area contributed by atoms with Crippen molar-refractivity contribution in [3.8, 4) is 11.5 Å². The molecule has 1 unspecified atom stereocenters. The van der Waals surface area contributed by atoms with Crippen molar-refractivity contribution in [2.45, 2.75) is 24.7 Å². The van der Waals surface area contributed by atoms with Crippen molar-refractivity contribution in [2.24, 2.45) is 5.73 Å². The molecule has 1 atom stereocenters. The van der Waals surface area contributed by atoms with Gasteiger partial charge in [-0.3, -0.25) is 4.90 Å². The van der Waals surface area contributed by atoms with E-state index < -0.39 is 12.1 Å². The van der Waals surface area contributed by atoms with Crippen LogP contribution in [0.25, 0.3) is 11.5 Å². The Hall–Kier alpha value is -3.18. The van der Waals surface area contributed by atoms with Gasteiger partial charge >= 0.3 is 12.1 Å². The third-order valence-corrected chi connectivity index (χ3v) is 4.57. The van der Waals surface area contributed by atoms with E-state index in [1.54, 1.807) is 18.6 Å². The topological polar surface area (TPSA) is 119 Å². The lowest BCUT2D eigenvalue weighted by molar-refractivity contribution is -0.192. The van der Waals surface area contributed by atoms with E-state index in [0.717, 1.165) is 25.1 Å². The average molecular weight is 424 g/mol. The van der Waals surface area contributed by atoms with Crippen LogP contribution in [0.1, 0.15) is 17.8 Å².